The highest BCUT2D eigenvalue weighted by atomic mass is 32.2. The Morgan fingerprint density at radius 3 is 3.00 bits per heavy atom. The third-order valence-electron chi connectivity index (χ3n) is 3.34. The molecule has 0 spiro atoms. The summed E-state index contributed by atoms with van der Waals surface area (Å²) >= 11 is 0. The van der Waals surface area contributed by atoms with E-state index < -0.39 is 10.1 Å². The first-order valence-electron chi connectivity index (χ1n) is 6.46. The monoisotopic (exact) mass is 295 g/mol. The van der Waals surface area contributed by atoms with Crippen LogP contribution in [0.5, 0.6) is 0 Å². The smallest absolute Gasteiger partial charge is 0.306 e. The van der Waals surface area contributed by atoms with Crippen molar-refractivity contribution >= 4 is 10.1 Å². The molecule has 7 heteroatoms. The molecule has 0 aromatic heterocycles. The van der Waals surface area contributed by atoms with Gasteiger partial charge in [-0.3, -0.25) is 0 Å². The van der Waals surface area contributed by atoms with Crippen LogP contribution in [0.15, 0.2) is 40.2 Å². The zero-order valence-corrected chi connectivity index (χ0v) is 12.3. The summed E-state index contributed by atoms with van der Waals surface area (Å²) in [7, 11) is -3.54. The summed E-state index contributed by atoms with van der Waals surface area (Å²) in [4.78, 5) is 2.80. The molecule has 0 saturated heterocycles. The largest absolute Gasteiger partial charge is 0.383 e. The van der Waals surface area contributed by atoms with Gasteiger partial charge in [-0.25, -0.2) is 0 Å². The SMILES string of the molecule is CC(CC1C=CC2=C1C(OS(C)(=O)=O)=CCC2)N=[N+]=[N-]. The molecule has 0 aromatic carbocycles. The summed E-state index contributed by atoms with van der Waals surface area (Å²) in [6.45, 7) is 1.84. The second-order valence-electron chi connectivity index (χ2n) is 5.09. The lowest BCUT2D eigenvalue weighted by Crippen LogP contribution is -2.14. The zero-order chi connectivity index (χ0) is 14.8. The van der Waals surface area contributed by atoms with Crippen LogP contribution >= 0.6 is 0 Å². The summed E-state index contributed by atoms with van der Waals surface area (Å²) in [6.07, 6.45) is 9.20. The molecule has 2 unspecified atom stereocenters. The van der Waals surface area contributed by atoms with E-state index in [2.05, 4.69) is 10.0 Å². The average Bonchev–Trinajstić information content (AvgIpc) is 2.72. The van der Waals surface area contributed by atoms with Gasteiger partial charge in [-0.05, 0) is 36.4 Å². The minimum Gasteiger partial charge on any atom is -0.383 e. The Labute approximate surface area is 118 Å². The molecule has 0 bridgehead atoms. The Bertz CT molecular complexity index is 640. The van der Waals surface area contributed by atoms with Gasteiger partial charge in [0.05, 0.1) is 6.26 Å². The maximum absolute atomic E-state index is 11.3. The summed E-state index contributed by atoms with van der Waals surface area (Å²) in [5.41, 5.74) is 10.5. The first-order chi connectivity index (χ1) is 9.40. The zero-order valence-electron chi connectivity index (χ0n) is 11.5. The lowest BCUT2D eigenvalue weighted by Gasteiger charge is -2.22. The molecule has 6 nitrogen and oxygen atoms in total. The number of hydrogen-bond acceptors (Lipinski definition) is 4. The molecule has 2 rings (SSSR count). The normalized spacial score (nSPS) is 22.9. The van der Waals surface area contributed by atoms with Crippen molar-refractivity contribution < 1.29 is 12.6 Å². The van der Waals surface area contributed by atoms with Crippen LogP contribution < -0.4 is 0 Å². The van der Waals surface area contributed by atoms with E-state index in [0.29, 0.717) is 12.2 Å². The topological polar surface area (TPSA) is 92.1 Å². The van der Waals surface area contributed by atoms with Gasteiger partial charge in [0.1, 0.15) is 5.76 Å². The molecule has 0 N–H and O–H groups in total. The fourth-order valence-electron chi connectivity index (χ4n) is 2.63. The number of allylic oxidation sites excluding steroid dienone is 5. The highest BCUT2D eigenvalue weighted by Crippen LogP contribution is 2.40. The predicted octanol–water partition coefficient (Wildman–Crippen LogP) is 3.21. The Balaban J connectivity index is 2.22. The summed E-state index contributed by atoms with van der Waals surface area (Å²) in [6, 6.07) is -0.150. The van der Waals surface area contributed by atoms with E-state index in [1.54, 1.807) is 0 Å². The van der Waals surface area contributed by atoms with E-state index >= 15 is 0 Å². The van der Waals surface area contributed by atoms with Gasteiger partial charge in [-0.15, -0.1) is 0 Å². The van der Waals surface area contributed by atoms with E-state index in [9.17, 15) is 8.42 Å². The lowest BCUT2D eigenvalue weighted by molar-refractivity contribution is 0.403. The van der Waals surface area contributed by atoms with Crippen LogP contribution in [0.2, 0.25) is 0 Å². The molecule has 108 valence electrons. The third kappa shape index (κ3) is 3.43. The van der Waals surface area contributed by atoms with Crippen molar-refractivity contribution in [3.63, 3.8) is 0 Å². The fraction of sp³-hybridized carbons (Fsp3) is 0.538. The van der Waals surface area contributed by atoms with E-state index in [-0.39, 0.29) is 12.0 Å². The van der Waals surface area contributed by atoms with Crippen molar-refractivity contribution in [3.8, 4) is 0 Å². The van der Waals surface area contributed by atoms with Crippen molar-refractivity contribution in [3.05, 3.63) is 45.6 Å². The maximum Gasteiger partial charge on any atom is 0.306 e. The van der Waals surface area contributed by atoms with Gasteiger partial charge in [0.15, 0.2) is 0 Å². The van der Waals surface area contributed by atoms with Crippen molar-refractivity contribution in [1.82, 2.24) is 0 Å². The Hall–Kier alpha value is -1.72. The van der Waals surface area contributed by atoms with Crippen LogP contribution in [0.4, 0.5) is 0 Å². The average molecular weight is 295 g/mol. The molecule has 2 aliphatic rings. The second-order valence-corrected chi connectivity index (χ2v) is 6.66. The number of nitrogens with zero attached hydrogens (tertiary/aromatic N) is 3. The van der Waals surface area contributed by atoms with Gasteiger partial charge in [-0.2, -0.15) is 8.42 Å². The molecule has 0 aromatic rings. The van der Waals surface area contributed by atoms with Crippen LogP contribution in [0, 0.1) is 5.92 Å². The molecular weight excluding hydrogens is 278 g/mol. The molecule has 0 fully saturated rings. The van der Waals surface area contributed by atoms with Gasteiger partial charge >= 0.3 is 10.1 Å². The summed E-state index contributed by atoms with van der Waals surface area (Å²) in [5, 5.41) is 3.67. The molecule has 2 aliphatic carbocycles. The maximum atomic E-state index is 11.3. The third-order valence-corrected chi connectivity index (χ3v) is 3.82. The Morgan fingerprint density at radius 2 is 2.35 bits per heavy atom. The van der Waals surface area contributed by atoms with Crippen LogP contribution in [-0.4, -0.2) is 20.7 Å². The first kappa shape index (κ1) is 14.7. The fourth-order valence-corrected chi connectivity index (χ4v) is 3.11. The Morgan fingerprint density at radius 1 is 1.60 bits per heavy atom. The molecule has 20 heavy (non-hydrogen) atoms. The molecule has 0 radical (unpaired) electrons. The second kappa shape index (κ2) is 5.73. The van der Waals surface area contributed by atoms with E-state index in [0.717, 1.165) is 30.2 Å². The molecular formula is C13H17N3O3S. The van der Waals surface area contributed by atoms with Crippen LogP contribution in [0.1, 0.15) is 26.2 Å². The van der Waals surface area contributed by atoms with Gasteiger partial charge < -0.3 is 4.18 Å². The molecule has 0 aliphatic heterocycles. The minimum absolute atomic E-state index is 0.0406. The quantitative estimate of drug-likeness (QED) is 0.337. The minimum atomic E-state index is -3.54. The number of hydrogen-bond donors (Lipinski definition) is 0. The predicted molar refractivity (Wildman–Crippen MR) is 76.1 cm³/mol. The summed E-state index contributed by atoms with van der Waals surface area (Å²) in [5.74, 6) is 0.468. The van der Waals surface area contributed by atoms with E-state index in [1.165, 1.54) is 0 Å². The highest BCUT2D eigenvalue weighted by molar-refractivity contribution is 7.86. The van der Waals surface area contributed by atoms with Crippen LogP contribution in [-0.2, 0) is 14.3 Å². The molecule has 0 amide bonds. The van der Waals surface area contributed by atoms with Crippen molar-refractivity contribution in [2.75, 3.05) is 6.26 Å². The molecule has 0 saturated carbocycles. The number of rotatable bonds is 5. The molecule has 2 atom stereocenters. The van der Waals surface area contributed by atoms with Gasteiger partial charge in [-0.1, -0.05) is 24.2 Å². The van der Waals surface area contributed by atoms with E-state index in [1.807, 2.05) is 25.2 Å². The molecule has 0 heterocycles. The van der Waals surface area contributed by atoms with Gasteiger partial charge in [0.2, 0.25) is 0 Å². The van der Waals surface area contributed by atoms with Gasteiger partial charge in [0.25, 0.3) is 0 Å². The first-order valence-corrected chi connectivity index (χ1v) is 8.28. The Kier molecular flexibility index (Phi) is 4.20. The standard InChI is InChI=1S/C13H17N3O3S/c1-9(15-16-14)8-11-7-6-10-4-3-5-12(13(10)11)19-20(2,17)18/h5-7,9,11H,3-4,8H2,1-2H3. The van der Waals surface area contributed by atoms with Crippen LogP contribution in [0.25, 0.3) is 10.4 Å². The van der Waals surface area contributed by atoms with Crippen molar-refractivity contribution in [1.29, 1.82) is 0 Å². The van der Waals surface area contributed by atoms with Gasteiger partial charge in [0, 0.05) is 22.4 Å². The number of azide groups is 1. The van der Waals surface area contributed by atoms with E-state index in [4.69, 9.17) is 9.71 Å². The van der Waals surface area contributed by atoms with Crippen molar-refractivity contribution in [2.45, 2.75) is 32.2 Å². The lowest BCUT2D eigenvalue weighted by atomic mass is 9.89. The van der Waals surface area contributed by atoms with Crippen molar-refractivity contribution in [2.24, 2.45) is 11.0 Å². The summed E-state index contributed by atoms with van der Waals surface area (Å²) < 4.78 is 27.8. The van der Waals surface area contributed by atoms with Crippen LogP contribution in [0.3, 0.4) is 0 Å². The highest BCUT2D eigenvalue weighted by Gasteiger charge is 2.29.